The Bertz CT molecular complexity index is 426. The van der Waals surface area contributed by atoms with Gasteiger partial charge < -0.3 is 14.4 Å². The number of likely N-dealkylation sites (tertiary alicyclic amines) is 1. The van der Waals surface area contributed by atoms with E-state index in [9.17, 15) is 9.59 Å². The van der Waals surface area contributed by atoms with Crippen molar-refractivity contribution in [2.75, 3.05) is 6.54 Å². The number of carbonyl (C=O) groups excluding carboxylic acids is 1. The van der Waals surface area contributed by atoms with E-state index in [1.165, 1.54) is 4.90 Å². The van der Waals surface area contributed by atoms with Gasteiger partial charge in [0.15, 0.2) is 0 Å². The van der Waals surface area contributed by atoms with Gasteiger partial charge in [0.1, 0.15) is 11.8 Å². The fourth-order valence-corrected chi connectivity index (χ4v) is 2.43. The molecule has 1 fully saturated rings. The highest BCUT2D eigenvalue weighted by molar-refractivity contribution is 5.84. The van der Waals surface area contributed by atoms with Gasteiger partial charge in [-0.1, -0.05) is 6.92 Å². The molecule has 2 rings (SSSR count). The lowest BCUT2D eigenvalue weighted by Gasteiger charge is -2.23. The number of carbonyl (C=O) groups is 2. The Morgan fingerprint density at radius 2 is 2.33 bits per heavy atom. The smallest absolute Gasteiger partial charge is 0.326 e. The molecule has 0 radical (unpaired) electrons. The summed E-state index contributed by atoms with van der Waals surface area (Å²) in [6, 6.07) is 2.92. The van der Waals surface area contributed by atoms with E-state index in [0.717, 1.165) is 12.2 Å². The van der Waals surface area contributed by atoms with Crippen molar-refractivity contribution in [3.8, 4) is 0 Å². The molecule has 2 heterocycles. The first-order chi connectivity index (χ1) is 8.59. The molecule has 1 aromatic rings. The van der Waals surface area contributed by atoms with E-state index in [2.05, 4.69) is 0 Å². The van der Waals surface area contributed by atoms with Crippen LogP contribution in [0.15, 0.2) is 22.8 Å². The zero-order valence-corrected chi connectivity index (χ0v) is 10.3. The van der Waals surface area contributed by atoms with Gasteiger partial charge in [0, 0.05) is 19.4 Å². The van der Waals surface area contributed by atoms with Gasteiger partial charge in [0.2, 0.25) is 5.91 Å². The quantitative estimate of drug-likeness (QED) is 0.881. The zero-order valence-electron chi connectivity index (χ0n) is 10.3. The molecule has 1 aromatic heterocycles. The summed E-state index contributed by atoms with van der Waals surface area (Å²) in [6.45, 7) is 2.41. The molecule has 5 heteroatoms. The number of hydrogen-bond acceptors (Lipinski definition) is 3. The second kappa shape index (κ2) is 5.25. The van der Waals surface area contributed by atoms with Gasteiger partial charge in [-0.15, -0.1) is 0 Å². The number of amides is 1. The molecule has 18 heavy (non-hydrogen) atoms. The second-order valence-electron chi connectivity index (χ2n) is 4.72. The molecule has 1 aliphatic rings. The number of carboxylic acids is 1. The van der Waals surface area contributed by atoms with Crippen molar-refractivity contribution in [3.63, 3.8) is 0 Å². The van der Waals surface area contributed by atoms with Gasteiger partial charge in [0.25, 0.3) is 0 Å². The van der Waals surface area contributed by atoms with Crippen LogP contribution in [0.2, 0.25) is 0 Å². The maximum absolute atomic E-state index is 12.0. The molecule has 0 saturated carbocycles. The van der Waals surface area contributed by atoms with E-state index in [0.29, 0.717) is 19.4 Å². The topological polar surface area (TPSA) is 70.8 Å². The molecule has 1 aliphatic heterocycles. The van der Waals surface area contributed by atoms with Gasteiger partial charge >= 0.3 is 5.97 Å². The Labute approximate surface area is 105 Å². The van der Waals surface area contributed by atoms with Crippen LogP contribution in [0.1, 0.15) is 25.5 Å². The SMILES string of the molecule is CC1CCN(C(=O)CCc2ccco2)C1C(=O)O. The normalized spacial score (nSPS) is 23.3. The average Bonchev–Trinajstić information content (AvgIpc) is 2.94. The van der Waals surface area contributed by atoms with Crippen molar-refractivity contribution in [3.05, 3.63) is 24.2 Å². The summed E-state index contributed by atoms with van der Waals surface area (Å²) in [7, 11) is 0. The van der Waals surface area contributed by atoms with Gasteiger partial charge in [-0.25, -0.2) is 4.79 Å². The summed E-state index contributed by atoms with van der Waals surface area (Å²) in [5.74, 6) is -0.243. The fraction of sp³-hybridized carbons (Fsp3) is 0.538. The van der Waals surface area contributed by atoms with Crippen LogP contribution in [0.25, 0.3) is 0 Å². The summed E-state index contributed by atoms with van der Waals surface area (Å²) in [5.41, 5.74) is 0. The molecule has 98 valence electrons. The third-order valence-corrected chi connectivity index (χ3v) is 3.44. The van der Waals surface area contributed by atoms with Gasteiger partial charge in [0.05, 0.1) is 6.26 Å². The minimum atomic E-state index is -0.911. The molecule has 2 atom stereocenters. The third kappa shape index (κ3) is 2.55. The lowest BCUT2D eigenvalue weighted by atomic mass is 10.0. The number of nitrogens with zero attached hydrogens (tertiary/aromatic N) is 1. The number of carboxylic acid groups (broad SMARTS) is 1. The first-order valence-corrected chi connectivity index (χ1v) is 6.14. The molecule has 5 nitrogen and oxygen atoms in total. The molecular formula is C13H17NO4. The van der Waals surface area contributed by atoms with Crippen LogP contribution in [0.4, 0.5) is 0 Å². The lowest BCUT2D eigenvalue weighted by molar-refractivity contribution is -0.149. The van der Waals surface area contributed by atoms with Crippen LogP contribution in [-0.4, -0.2) is 34.5 Å². The molecule has 0 bridgehead atoms. The lowest BCUT2D eigenvalue weighted by Crippen LogP contribution is -2.42. The van der Waals surface area contributed by atoms with Crippen molar-refractivity contribution in [1.82, 2.24) is 4.90 Å². The minimum absolute atomic E-state index is 0.0232. The number of rotatable bonds is 4. The number of aryl methyl sites for hydroxylation is 1. The van der Waals surface area contributed by atoms with E-state index in [-0.39, 0.29) is 11.8 Å². The van der Waals surface area contributed by atoms with E-state index >= 15 is 0 Å². The third-order valence-electron chi connectivity index (χ3n) is 3.44. The van der Waals surface area contributed by atoms with Crippen LogP contribution in [0, 0.1) is 5.92 Å². The molecule has 1 N–H and O–H groups in total. The standard InChI is InChI=1S/C13H17NO4/c1-9-6-7-14(12(9)13(16)17)11(15)5-4-10-3-2-8-18-10/h2-3,8-9,12H,4-7H2,1H3,(H,16,17). The van der Waals surface area contributed by atoms with Crippen LogP contribution < -0.4 is 0 Å². The van der Waals surface area contributed by atoms with Crippen molar-refractivity contribution < 1.29 is 19.1 Å². The molecule has 2 unspecified atom stereocenters. The average molecular weight is 251 g/mol. The number of aliphatic carboxylic acids is 1. The summed E-state index contributed by atoms with van der Waals surface area (Å²) in [6.07, 6.45) is 3.13. The minimum Gasteiger partial charge on any atom is -0.480 e. The molecule has 1 saturated heterocycles. The van der Waals surface area contributed by atoms with Gasteiger partial charge in [-0.3, -0.25) is 4.79 Å². The van der Waals surface area contributed by atoms with Crippen molar-refractivity contribution in [1.29, 1.82) is 0 Å². The molecule has 1 amide bonds. The second-order valence-corrected chi connectivity index (χ2v) is 4.72. The van der Waals surface area contributed by atoms with E-state index < -0.39 is 12.0 Å². The first kappa shape index (κ1) is 12.7. The highest BCUT2D eigenvalue weighted by Crippen LogP contribution is 2.25. The first-order valence-electron chi connectivity index (χ1n) is 6.14. The van der Waals surface area contributed by atoms with Gasteiger partial charge in [-0.05, 0) is 24.5 Å². The van der Waals surface area contributed by atoms with Crippen molar-refractivity contribution in [2.45, 2.75) is 32.2 Å². The van der Waals surface area contributed by atoms with E-state index in [1.807, 2.05) is 13.0 Å². The molecule has 0 aromatic carbocycles. The Balaban J connectivity index is 1.94. The van der Waals surface area contributed by atoms with Crippen molar-refractivity contribution >= 4 is 11.9 Å². The van der Waals surface area contributed by atoms with E-state index in [1.54, 1.807) is 12.3 Å². The molecular weight excluding hydrogens is 234 g/mol. The Kier molecular flexibility index (Phi) is 3.69. The summed E-state index contributed by atoms with van der Waals surface area (Å²) in [4.78, 5) is 24.7. The van der Waals surface area contributed by atoms with Crippen LogP contribution in [-0.2, 0) is 16.0 Å². The highest BCUT2D eigenvalue weighted by Gasteiger charge is 2.39. The van der Waals surface area contributed by atoms with Crippen LogP contribution >= 0.6 is 0 Å². The Morgan fingerprint density at radius 1 is 1.56 bits per heavy atom. The number of furan rings is 1. The predicted octanol–water partition coefficient (Wildman–Crippen LogP) is 1.53. The van der Waals surface area contributed by atoms with E-state index in [4.69, 9.17) is 9.52 Å². The fourth-order valence-electron chi connectivity index (χ4n) is 2.43. The monoisotopic (exact) mass is 251 g/mol. The summed E-state index contributed by atoms with van der Waals surface area (Å²) >= 11 is 0. The largest absolute Gasteiger partial charge is 0.480 e. The van der Waals surface area contributed by atoms with Crippen molar-refractivity contribution in [2.24, 2.45) is 5.92 Å². The molecule has 0 spiro atoms. The summed E-state index contributed by atoms with van der Waals surface area (Å²) < 4.78 is 5.15. The Hall–Kier alpha value is -1.78. The zero-order chi connectivity index (χ0) is 13.1. The molecule has 0 aliphatic carbocycles. The van der Waals surface area contributed by atoms with Crippen LogP contribution in [0.3, 0.4) is 0 Å². The maximum Gasteiger partial charge on any atom is 0.326 e. The highest BCUT2D eigenvalue weighted by atomic mass is 16.4. The summed E-state index contributed by atoms with van der Waals surface area (Å²) in [5, 5.41) is 9.14. The predicted molar refractivity (Wildman–Crippen MR) is 63.9 cm³/mol. The maximum atomic E-state index is 12.0. The Morgan fingerprint density at radius 3 is 2.94 bits per heavy atom. The van der Waals surface area contributed by atoms with Gasteiger partial charge in [-0.2, -0.15) is 0 Å². The number of hydrogen-bond donors (Lipinski definition) is 1. The van der Waals surface area contributed by atoms with Crippen LogP contribution in [0.5, 0.6) is 0 Å².